The van der Waals surface area contributed by atoms with Crippen molar-refractivity contribution < 1.29 is 0 Å². The Labute approximate surface area is 63.4 Å². The average molecular weight is 139 g/mol. The molecular formula is C9H17N. The Balaban J connectivity index is 1.95. The molecule has 1 saturated carbocycles. The van der Waals surface area contributed by atoms with E-state index in [-0.39, 0.29) is 0 Å². The highest BCUT2D eigenvalue weighted by molar-refractivity contribution is 4.98. The largest absolute Gasteiger partial charge is 0.305 e. The fourth-order valence-corrected chi connectivity index (χ4v) is 2.88. The number of rotatable bonds is 0. The second-order valence-electron chi connectivity index (χ2n) is 4.52. The van der Waals surface area contributed by atoms with Gasteiger partial charge in [0, 0.05) is 13.1 Å². The molecule has 1 aliphatic carbocycles. The summed E-state index contributed by atoms with van der Waals surface area (Å²) in [6, 6.07) is 0. The zero-order valence-electron chi connectivity index (χ0n) is 7.06. The second-order valence-corrected chi connectivity index (χ2v) is 4.52. The van der Waals surface area contributed by atoms with Gasteiger partial charge in [0.15, 0.2) is 0 Å². The molecule has 1 atom stereocenters. The highest BCUT2D eigenvalue weighted by Gasteiger charge is 2.45. The van der Waals surface area contributed by atoms with Crippen LogP contribution in [0.4, 0.5) is 0 Å². The van der Waals surface area contributed by atoms with E-state index in [1.165, 1.54) is 32.4 Å². The first kappa shape index (κ1) is 6.66. The summed E-state index contributed by atoms with van der Waals surface area (Å²) in [6.45, 7) is 5.14. The van der Waals surface area contributed by atoms with Crippen molar-refractivity contribution >= 4 is 0 Å². The molecule has 10 heavy (non-hydrogen) atoms. The van der Waals surface area contributed by atoms with E-state index in [9.17, 15) is 0 Å². The Hall–Kier alpha value is -0.0400. The molecule has 0 aromatic rings. The lowest BCUT2D eigenvalue weighted by molar-refractivity contribution is 0.0258. The van der Waals surface area contributed by atoms with Gasteiger partial charge in [-0.2, -0.15) is 0 Å². The van der Waals surface area contributed by atoms with Crippen molar-refractivity contribution in [1.82, 2.24) is 4.90 Å². The Morgan fingerprint density at radius 1 is 1.40 bits per heavy atom. The molecule has 1 heterocycles. The van der Waals surface area contributed by atoms with Crippen molar-refractivity contribution in [2.24, 2.45) is 11.3 Å². The maximum Gasteiger partial charge on any atom is 0.00475 e. The molecule has 0 aromatic heterocycles. The first-order valence-corrected chi connectivity index (χ1v) is 4.39. The maximum absolute atomic E-state index is 2.44. The molecule has 1 saturated heterocycles. The molecule has 1 aliphatic heterocycles. The van der Waals surface area contributed by atoms with Crippen molar-refractivity contribution in [3.8, 4) is 0 Å². The predicted octanol–water partition coefficient (Wildman–Crippen LogP) is 1.74. The van der Waals surface area contributed by atoms with Crippen LogP contribution >= 0.6 is 0 Å². The molecule has 2 rings (SSSR count). The highest BCUT2D eigenvalue weighted by Crippen LogP contribution is 2.47. The van der Waals surface area contributed by atoms with E-state index in [4.69, 9.17) is 0 Å². The summed E-state index contributed by atoms with van der Waals surface area (Å²) in [5, 5.41) is 0. The van der Waals surface area contributed by atoms with Crippen LogP contribution in [0.3, 0.4) is 0 Å². The van der Waals surface area contributed by atoms with Crippen molar-refractivity contribution in [2.75, 3.05) is 20.1 Å². The zero-order valence-corrected chi connectivity index (χ0v) is 7.06. The molecule has 58 valence electrons. The second kappa shape index (κ2) is 1.97. The number of nitrogens with zero attached hydrogens (tertiary/aromatic N) is 1. The third-order valence-corrected chi connectivity index (χ3v) is 3.16. The first-order chi connectivity index (χ1) is 4.70. The first-order valence-electron chi connectivity index (χ1n) is 4.39. The van der Waals surface area contributed by atoms with Crippen LogP contribution in [-0.2, 0) is 0 Å². The molecule has 0 N–H and O–H groups in total. The third kappa shape index (κ3) is 0.878. The standard InChI is InChI=1S/C9H17N/c1-8-3-4-9(5-8)6-10(2)7-9/h8H,3-7H2,1-2H3. The van der Waals surface area contributed by atoms with E-state index in [0.29, 0.717) is 0 Å². The minimum Gasteiger partial charge on any atom is -0.305 e. The van der Waals surface area contributed by atoms with Gasteiger partial charge < -0.3 is 4.90 Å². The van der Waals surface area contributed by atoms with Gasteiger partial charge in [-0.3, -0.25) is 0 Å². The Morgan fingerprint density at radius 3 is 2.50 bits per heavy atom. The molecule has 0 radical (unpaired) electrons. The van der Waals surface area contributed by atoms with Crippen molar-refractivity contribution in [2.45, 2.75) is 26.2 Å². The summed E-state index contributed by atoms with van der Waals surface area (Å²) >= 11 is 0. The van der Waals surface area contributed by atoms with Crippen molar-refractivity contribution in [3.63, 3.8) is 0 Å². The van der Waals surface area contributed by atoms with Gasteiger partial charge in [0.1, 0.15) is 0 Å². The molecule has 2 aliphatic rings. The van der Waals surface area contributed by atoms with Crippen LogP contribution in [0.2, 0.25) is 0 Å². The van der Waals surface area contributed by atoms with Gasteiger partial charge in [-0.25, -0.2) is 0 Å². The smallest absolute Gasteiger partial charge is 0.00475 e. The van der Waals surface area contributed by atoms with Crippen LogP contribution in [0.1, 0.15) is 26.2 Å². The number of likely N-dealkylation sites (tertiary alicyclic amines) is 1. The fourth-order valence-electron chi connectivity index (χ4n) is 2.88. The molecule has 1 spiro atoms. The minimum atomic E-state index is 0.786. The lowest BCUT2D eigenvalue weighted by atomic mass is 9.78. The Bertz CT molecular complexity index is 130. The van der Waals surface area contributed by atoms with E-state index in [0.717, 1.165) is 11.3 Å². The van der Waals surface area contributed by atoms with Gasteiger partial charge in [0.25, 0.3) is 0 Å². The molecule has 1 nitrogen and oxygen atoms in total. The zero-order chi connectivity index (χ0) is 7.19. The van der Waals surface area contributed by atoms with Crippen LogP contribution in [0.15, 0.2) is 0 Å². The minimum absolute atomic E-state index is 0.786. The lowest BCUT2D eigenvalue weighted by Gasteiger charge is -2.46. The number of hydrogen-bond acceptors (Lipinski definition) is 1. The summed E-state index contributed by atoms with van der Waals surface area (Å²) in [5.41, 5.74) is 0.786. The van der Waals surface area contributed by atoms with Crippen LogP contribution in [0, 0.1) is 11.3 Å². The molecule has 0 amide bonds. The van der Waals surface area contributed by atoms with Crippen molar-refractivity contribution in [1.29, 1.82) is 0 Å². The van der Waals surface area contributed by atoms with E-state index in [2.05, 4.69) is 18.9 Å². The van der Waals surface area contributed by atoms with Crippen molar-refractivity contribution in [3.05, 3.63) is 0 Å². The van der Waals surface area contributed by atoms with Gasteiger partial charge >= 0.3 is 0 Å². The quantitative estimate of drug-likeness (QED) is 0.494. The SMILES string of the molecule is CC1CCC2(C1)CN(C)C2. The molecule has 0 aromatic carbocycles. The summed E-state index contributed by atoms with van der Waals surface area (Å²) < 4.78 is 0. The molecular weight excluding hydrogens is 122 g/mol. The Kier molecular flexibility index (Phi) is 1.31. The van der Waals surface area contributed by atoms with Gasteiger partial charge in [-0.05, 0) is 31.2 Å². The average Bonchev–Trinajstić information content (AvgIpc) is 2.10. The van der Waals surface area contributed by atoms with Gasteiger partial charge in [0.05, 0.1) is 0 Å². The van der Waals surface area contributed by atoms with Gasteiger partial charge in [-0.15, -0.1) is 0 Å². The van der Waals surface area contributed by atoms with E-state index in [1.807, 2.05) is 0 Å². The molecule has 0 bridgehead atoms. The summed E-state index contributed by atoms with van der Waals surface area (Å²) in [5.74, 6) is 1.01. The van der Waals surface area contributed by atoms with E-state index >= 15 is 0 Å². The van der Waals surface area contributed by atoms with Crippen LogP contribution < -0.4 is 0 Å². The van der Waals surface area contributed by atoms with E-state index < -0.39 is 0 Å². The van der Waals surface area contributed by atoms with Crippen LogP contribution in [0.5, 0.6) is 0 Å². The number of hydrogen-bond donors (Lipinski definition) is 0. The maximum atomic E-state index is 2.44. The summed E-state index contributed by atoms with van der Waals surface area (Å²) in [4.78, 5) is 2.44. The lowest BCUT2D eigenvalue weighted by Crippen LogP contribution is -2.52. The fraction of sp³-hybridized carbons (Fsp3) is 1.00. The van der Waals surface area contributed by atoms with Gasteiger partial charge in [0.2, 0.25) is 0 Å². The monoisotopic (exact) mass is 139 g/mol. The third-order valence-electron chi connectivity index (χ3n) is 3.16. The molecule has 1 unspecified atom stereocenters. The van der Waals surface area contributed by atoms with E-state index in [1.54, 1.807) is 0 Å². The van der Waals surface area contributed by atoms with Crippen LogP contribution in [-0.4, -0.2) is 25.0 Å². The molecule has 2 fully saturated rings. The normalized spacial score (nSPS) is 38.4. The molecule has 1 heteroatoms. The summed E-state index contributed by atoms with van der Waals surface area (Å²) in [6.07, 6.45) is 4.48. The van der Waals surface area contributed by atoms with Gasteiger partial charge in [-0.1, -0.05) is 13.3 Å². The van der Waals surface area contributed by atoms with Crippen LogP contribution in [0.25, 0.3) is 0 Å². The predicted molar refractivity (Wildman–Crippen MR) is 42.9 cm³/mol. The topological polar surface area (TPSA) is 3.24 Å². The Morgan fingerprint density at radius 2 is 2.10 bits per heavy atom. The highest BCUT2D eigenvalue weighted by atomic mass is 15.2. The summed E-state index contributed by atoms with van der Waals surface area (Å²) in [7, 11) is 2.23.